The maximum atomic E-state index is 13.4. The van der Waals surface area contributed by atoms with Crippen LogP contribution in [0.4, 0.5) is 4.39 Å². The quantitative estimate of drug-likeness (QED) is 0.225. The Bertz CT molecular complexity index is 1000. The summed E-state index contributed by atoms with van der Waals surface area (Å²) in [6.07, 6.45) is 2.75. The van der Waals surface area contributed by atoms with Crippen LogP contribution in [0.1, 0.15) is 30.5 Å². The number of nitrogens with zero attached hydrogens (tertiary/aromatic N) is 1. The minimum atomic E-state index is -0.230. The Balaban J connectivity index is 1.51. The molecule has 0 radical (unpaired) electrons. The Morgan fingerprint density at radius 1 is 1.03 bits per heavy atom. The van der Waals surface area contributed by atoms with Crippen molar-refractivity contribution in [3.63, 3.8) is 0 Å². The minimum absolute atomic E-state index is 0.230. The van der Waals surface area contributed by atoms with Crippen LogP contribution in [0, 0.1) is 5.82 Å². The number of rotatable bonds is 12. The maximum absolute atomic E-state index is 13.4. The number of aromatic nitrogens is 1. The second-order valence-electron chi connectivity index (χ2n) is 7.45. The number of guanidine groups is 1. The smallest absolute Gasteiger partial charge is 0.191 e. The summed E-state index contributed by atoms with van der Waals surface area (Å²) in [6.45, 7) is 8.60. The van der Waals surface area contributed by atoms with Crippen LogP contribution in [-0.4, -0.2) is 43.9 Å². The molecule has 32 heavy (non-hydrogen) atoms. The molecule has 0 saturated heterocycles. The zero-order valence-electron chi connectivity index (χ0n) is 18.9. The topological polar surface area (TPSA) is 70.7 Å². The van der Waals surface area contributed by atoms with Crippen molar-refractivity contribution in [1.82, 2.24) is 15.6 Å². The average Bonchev–Trinajstić information content (AvgIpc) is 3.19. The number of H-pyrrole nitrogens is 1. The molecule has 3 N–H and O–H groups in total. The van der Waals surface area contributed by atoms with Gasteiger partial charge in [0, 0.05) is 36.8 Å². The van der Waals surface area contributed by atoms with E-state index in [4.69, 9.17) is 14.5 Å². The molecule has 2 aromatic carbocycles. The van der Waals surface area contributed by atoms with E-state index >= 15 is 0 Å². The third kappa shape index (κ3) is 7.35. The first kappa shape index (κ1) is 23.8. The molecule has 0 bridgehead atoms. The third-order valence-electron chi connectivity index (χ3n) is 5.02. The van der Waals surface area contributed by atoms with Gasteiger partial charge in [0.2, 0.25) is 0 Å². The molecule has 0 amide bonds. The highest BCUT2D eigenvalue weighted by molar-refractivity contribution is 5.83. The lowest BCUT2D eigenvalue weighted by molar-refractivity contribution is 0.0453. The Morgan fingerprint density at radius 3 is 2.72 bits per heavy atom. The van der Waals surface area contributed by atoms with Gasteiger partial charge in [-0.15, -0.1) is 0 Å². The summed E-state index contributed by atoms with van der Waals surface area (Å²) in [5.74, 6) is 0.545. The van der Waals surface area contributed by atoms with Gasteiger partial charge in [0.15, 0.2) is 5.96 Å². The van der Waals surface area contributed by atoms with E-state index in [1.54, 1.807) is 0 Å². The van der Waals surface area contributed by atoms with E-state index in [0.29, 0.717) is 33.0 Å². The van der Waals surface area contributed by atoms with Gasteiger partial charge in [0.1, 0.15) is 5.82 Å². The largest absolute Gasteiger partial charge is 0.379 e. The third-order valence-corrected chi connectivity index (χ3v) is 5.02. The molecule has 6 nitrogen and oxygen atoms in total. The highest BCUT2D eigenvalue weighted by Crippen LogP contribution is 2.19. The van der Waals surface area contributed by atoms with Crippen LogP contribution < -0.4 is 10.6 Å². The highest BCUT2D eigenvalue weighted by atomic mass is 19.1. The number of ether oxygens (including phenoxy) is 2. The number of benzene rings is 2. The fourth-order valence-corrected chi connectivity index (χ4v) is 3.46. The van der Waals surface area contributed by atoms with Crippen LogP contribution in [-0.2, 0) is 29.0 Å². The number of nitrogens with one attached hydrogen (secondary N) is 3. The minimum Gasteiger partial charge on any atom is -0.379 e. The van der Waals surface area contributed by atoms with Crippen molar-refractivity contribution in [2.24, 2.45) is 4.99 Å². The number of fused-ring (bicyclic) bond motifs is 1. The van der Waals surface area contributed by atoms with Crippen LogP contribution >= 0.6 is 0 Å². The number of aromatic amines is 1. The summed E-state index contributed by atoms with van der Waals surface area (Å²) in [5, 5.41) is 7.73. The monoisotopic (exact) mass is 440 g/mol. The maximum Gasteiger partial charge on any atom is 0.191 e. The lowest BCUT2D eigenvalue weighted by Gasteiger charge is -2.11. The molecular formula is C25H33FN4O2. The summed E-state index contributed by atoms with van der Waals surface area (Å²) in [5.41, 5.74) is 4.23. The molecule has 1 heterocycles. The van der Waals surface area contributed by atoms with Crippen molar-refractivity contribution in [2.45, 2.75) is 33.4 Å². The zero-order chi connectivity index (χ0) is 22.6. The van der Waals surface area contributed by atoms with E-state index in [1.807, 2.05) is 32.2 Å². The highest BCUT2D eigenvalue weighted by Gasteiger charge is 2.05. The van der Waals surface area contributed by atoms with Crippen LogP contribution in [0.5, 0.6) is 0 Å². The Labute approximate surface area is 189 Å². The van der Waals surface area contributed by atoms with E-state index < -0.39 is 0 Å². The van der Waals surface area contributed by atoms with E-state index in [2.05, 4.69) is 33.8 Å². The van der Waals surface area contributed by atoms with Gasteiger partial charge < -0.3 is 25.1 Å². The summed E-state index contributed by atoms with van der Waals surface area (Å²) >= 11 is 0. The number of halogens is 1. The van der Waals surface area contributed by atoms with E-state index in [-0.39, 0.29) is 5.82 Å². The summed E-state index contributed by atoms with van der Waals surface area (Å²) in [6, 6.07) is 13.1. The Morgan fingerprint density at radius 2 is 1.88 bits per heavy atom. The first-order valence-corrected chi connectivity index (χ1v) is 11.2. The fraction of sp³-hybridized carbons (Fsp3) is 0.400. The zero-order valence-corrected chi connectivity index (χ0v) is 18.9. The lowest BCUT2D eigenvalue weighted by atomic mass is 10.1. The summed E-state index contributed by atoms with van der Waals surface area (Å²) in [7, 11) is 0. The number of hydrogen-bond acceptors (Lipinski definition) is 3. The molecule has 0 aliphatic rings. The van der Waals surface area contributed by atoms with Gasteiger partial charge in [-0.05, 0) is 55.2 Å². The normalized spacial score (nSPS) is 11.8. The van der Waals surface area contributed by atoms with Crippen LogP contribution in [0.3, 0.4) is 0 Å². The molecule has 172 valence electrons. The molecular weight excluding hydrogens is 407 g/mol. The molecule has 0 atom stereocenters. The van der Waals surface area contributed by atoms with Crippen LogP contribution in [0.25, 0.3) is 10.9 Å². The fourth-order valence-electron chi connectivity index (χ4n) is 3.46. The van der Waals surface area contributed by atoms with Gasteiger partial charge in [-0.1, -0.05) is 24.3 Å². The van der Waals surface area contributed by atoms with E-state index in [1.165, 1.54) is 12.1 Å². The molecule has 0 unspecified atom stereocenters. The van der Waals surface area contributed by atoms with Gasteiger partial charge in [-0.3, -0.25) is 0 Å². The number of aliphatic imine (C=N–C) groups is 1. The van der Waals surface area contributed by atoms with Gasteiger partial charge in [0.05, 0.1) is 26.4 Å². The Hall–Kier alpha value is -2.90. The molecule has 0 spiro atoms. The molecule has 3 rings (SSSR count). The molecule has 0 fully saturated rings. The molecule has 0 aliphatic carbocycles. The average molecular weight is 441 g/mol. The summed E-state index contributed by atoms with van der Waals surface area (Å²) < 4.78 is 24.3. The van der Waals surface area contributed by atoms with Crippen molar-refractivity contribution in [3.05, 3.63) is 71.2 Å². The molecule has 1 aromatic heterocycles. The Kier molecular flexibility index (Phi) is 9.53. The molecule has 0 aliphatic heterocycles. The van der Waals surface area contributed by atoms with Gasteiger partial charge in [0.25, 0.3) is 0 Å². The van der Waals surface area contributed by atoms with E-state index in [9.17, 15) is 4.39 Å². The lowest BCUT2D eigenvalue weighted by Crippen LogP contribution is -2.38. The SMILES string of the molecule is CCNC(=NCc1cccc(COCCOCC)c1)NCCc1c[nH]c2cc(F)ccc12. The van der Waals surface area contributed by atoms with E-state index in [0.717, 1.165) is 53.1 Å². The number of hydrogen-bond donors (Lipinski definition) is 3. The predicted octanol–water partition coefficient (Wildman–Crippen LogP) is 4.16. The second kappa shape index (κ2) is 12.8. The van der Waals surface area contributed by atoms with Crippen molar-refractivity contribution in [2.75, 3.05) is 32.9 Å². The van der Waals surface area contributed by atoms with Crippen LogP contribution in [0.2, 0.25) is 0 Å². The van der Waals surface area contributed by atoms with Gasteiger partial charge in [-0.2, -0.15) is 0 Å². The van der Waals surface area contributed by atoms with Crippen molar-refractivity contribution >= 4 is 16.9 Å². The molecule has 3 aromatic rings. The first-order valence-electron chi connectivity index (χ1n) is 11.2. The van der Waals surface area contributed by atoms with Crippen molar-refractivity contribution in [3.8, 4) is 0 Å². The van der Waals surface area contributed by atoms with Gasteiger partial charge in [-0.25, -0.2) is 9.38 Å². The second-order valence-corrected chi connectivity index (χ2v) is 7.45. The van der Waals surface area contributed by atoms with Crippen LogP contribution in [0.15, 0.2) is 53.7 Å². The standard InChI is InChI=1S/C25H33FN4O2/c1-3-27-25(28-11-10-21-17-29-24-15-22(26)8-9-23(21)24)30-16-19-6-5-7-20(14-19)18-32-13-12-31-4-2/h5-9,14-15,17,29H,3-4,10-13,16,18H2,1-2H3,(H2,27,28,30). The van der Waals surface area contributed by atoms with Crippen molar-refractivity contribution < 1.29 is 13.9 Å². The summed E-state index contributed by atoms with van der Waals surface area (Å²) in [4.78, 5) is 7.85. The molecule has 7 heteroatoms. The molecule has 0 saturated carbocycles. The first-order chi connectivity index (χ1) is 15.7. The van der Waals surface area contributed by atoms with Crippen molar-refractivity contribution in [1.29, 1.82) is 0 Å². The van der Waals surface area contributed by atoms with Gasteiger partial charge >= 0.3 is 0 Å². The predicted molar refractivity (Wildman–Crippen MR) is 127 cm³/mol.